The number of hydrogen-bond donors (Lipinski definition) is 8. The molecular weight excluding hydrogens is 989 g/mol. The van der Waals surface area contributed by atoms with Crippen molar-refractivity contribution in [2.24, 2.45) is 5.41 Å². The Morgan fingerprint density at radius 3 is 1.54 bits per heavy atom. The van der Waals surface area contributed by atoms with E-state index in [9.17, 15) is 28.8 Å². The van der Waals surface area contributed by atoms with Gasteiger partial charge in [-0.15, -0.1) is 23.5 Å². The van der Waals surface area contributed by atoms with Gasteiger partial charge in [-0.3, -0.25) is 28.8 Å². The molecule has 4 saturated heterocycles. The van der Waals surface area contributed by atoms with Crippen molar-refractivity contribution in [2.45, 2.75) is 132 Å². The van der Waals surface area contributed by atoms with Gasteiger partial charge in [0, 0.05) is 13.1 Å². The summed E-state index contributed by atoms with van der Waals surface area (Å²) < 4.78 is 0. The molecule has 3 aromatic rings. The predicted octanol–water partition coefficient (Wildman–Crippen LogP) is 3.97. The number of nitrogens with one attached hydrogen (secondary N) is 8. The van der Waals surface area contributed by atoms with Crippen molar-refractivity contribution in [2.75, 3.05) is 25.6 Å². The third kappa shape index (κ3) is 13.0. The molecule has 8 N–H and O–H groups in total. The highest BCUT2D eigenvalue weighted by Crippen LogP contribution is 2.46. The lowest BCUT2D eigenvalue weighted by Crippen LogP contribution is -2.58. The number of hydrogen-bond acceptors (Lipinski definition) is 12. The van der Waals surface area contributed by atoms with E-state index >= 15 is 0 Å². The molecule has 0 spiro atoms. The van der Waals surface area contributed by atoms with Gasteiger partial charge in [0.15, 0.2) is 0 Å². The second kappa shape index (κ2) is 24.7. The van der Waals surface area contributed by atoms with Crippen LogP contribution in [0.1, 0.15) is 94.1 Å². The topological polar surface area (TPSA) is 205 Å². The summed E-state index contributed by atoms with van der Waals surface area (Å²) in [5, 5.41) is 24.4. The molecular formula is C52H68N10O6S4. The Balaban J connectivity index is 0.976. The van der Waals surface area contributed by atoms with Crippen molar-refractivity contribution in [1.29, 1.82) is 0 Å². The van der Waals surface area contributed by atoms with E-state index in [0.29, 0.717) is 53.2 Å². The van der Waals surface area contributed by atoms with Crippen molar-refractivity contribution in [3.63, 3.8) is 0 Å². The maximum atomic E-state index is 14.5. The van der Waals surface area contributed by atoms with Crippen LogP contribution in [-0.4, -0.2) is 128 Å². The summed E-state index contributed by atoms with van der Waals surface area (Å²) in [6.07, 6.45) is 2.90. The highest BCUT2D eigenvalue weighted by molar-refractivity contribution is 8.00. The van der Waals surface area contributed by atoms with Crippen molar-refractivity contribution >= 4 is 93.4 Å². The van der Waals surface area contributed by atoms with Crippen LogP contribution in [0.15, 0.2) is 84.9 Å². The van der Waals surface area contributed by atoms with E-state index in [1.165, 1.54) is 0 Å². The summed E-state index contributed by atoms with van der Waals surface area (Å²) in [5.74, 6) is -0.515. The molecule has 0 aliphatic carbocycles. The fraction of sp³-hybridized carbons (Fsp3) is 0.500. The highest BCUT2D eigenvalue weighted by atomic mass is 32.2. The molecule has 0 unspecified atom stereocenters. The van der Waals surface area contributed by atoms with Crippen LogP contribution >= 0.6 is 48.0 Å². The molecule has 7 rings (SSSR count). The van der Waals surface area contributed by atoms with Crippen LogP contribution in [0, 0.1) is 5.41 Å². The maximum Gasteiger partial charge on any atom is 0.247 e. The molecule has 16 nitrogen and oxygen atoms in total. The Kier molecular flexibility index (Phi) is 18.8. The van der Waals surface area contributed by atoms with Gasteiger partial charge in [0.25, 0.3) is 0 Å². The molecule has 6 amide bonds. The molecule has 0 bridgehead atoms. The number of benzene rings is 3. The number of nitrogens with zero attached hydrogens (tertiary/aromatic N) is 2. The lowest BCUT2D eigenvalue weighted by atomic mass is 9.83. The van der Waals surface area contributed by atoms with Crippen molar-refractivity contribution in [1.82, 2.24) is 52.3 Å². The number of likely N-dealkylation sites (N-methyl/N-ethyl adjacent to an activating group) is 2. The Labute approximate surface area is 442 Å². The van der Waals surface area contributed by atoms with Crippen LogP contribution in [0.3, 0.4) is 0 Å². The first-order chi connectivity index (χ1) is 34.5. The Morgan fingerprint density at radius 1 is 0.625 bits per heavy atom. The van der Waals surface area contributed by atoms with Gasteiger partial charge in [-0.2, -0.15) is 0 Å². The van der Waals surface area contributed by atoms with E-state index in [1.54, 1.807) is 83.8 Å². The van der Waals surface area contributed by atoms with Crippen LogP contribution in [0.5, 0.6) is 0 Å². The molecule has 4 aliphatic rings. The third-order valence-corrected chi connectivity index (χ3v) is 17.6. The fourth-order valence-corrected chi connectivity index (χ4v) is 13.1. The minimum Gasteiger partial charge on any atom is -0.367 e. The second-order valence-corrected chi connectivity index (χ2v) is 23.0. The number of carbonyl (C=O) groups excluding carboxylic acids is 6. The third-order valence-electron chi connectivity index (χ3n) is 14.1. The summed E-state index contributed by atoms with van der Waals surface area (Å²) >= 11 is 14.5. The molecule has 72 heavy (non-hydrogen) atoms. The zero-order valence-corrected chi connectivity index (χ0v) is 45.0. The minimum atomic E-state index is -1.04. The van der Waals surface area contributed by atoms with Crippen LogP contribution in [0.2, 0.25) is 0 Å². The number of rotatable bonds is 18. The van der Waals surface area contributed by atoms with E-state index in [1.807, 2.05) is 76.2 Å². The summed E-state index contributed by atoms with van der Waals surface area (Å²) in [7, 11) is 3.61. The summed E-state index contributed by atoms with van der Waals surface area (Å²) in [6, 6.07) is 20.4. The van der Waals surface area contributed by atoms with E-state index in [-0.39, 0.29) is 47.7 Å². The van der Waals surface area contributed by atoms with Crippen LogP contribution < -0.4 is 42.5 Å². The van der Waals surface area contributed by atoms with Gasteiger partial charge in [-0.05, 0) is 99.2 Å². The number of thiocarbonyl (C=S) groups is 2. The van der Waals surface area contributed by atoms with Crippen LogP contribution in [0.4, 0.5) is 0 Å². The Morgan fingerprint density at radius 2 is 1.07 bits per heavy atom. The quantitative estimate of drug-likeness (QED) is 0.0851. The van der Waals surface area contributed by atoms with Gasteiger partial charge in [0.05, 0.1) is 32.8 Å². The average Bonchev–Trinajstić information content (AvgIpc) is 3.84. The van der Waals surface area contributed by atoms with Crippen molar-refractivity contribution in [3.05, 3.63) is 107 Å². The van der Waals surface area contributed by atoms with Crippen LogP contribution in [-0.2, 0) is 41.9 Å². The largest absolute Gasteiger partial charge is 0.367 e. The molecule has 10 atom stereocenters. The number of fused-ring (bicyclic) bond motifs is 2. The van der Waals surface area contributed by atoms with Gasteiger partial charge in [0.2, 0.25) is 35.4 Å². The van der Waals surface area contributed by atoms with Gasteiger partial charge in [-0.1, -0.05) is 123 Å². The molecule has 0 aromatic heterocycles. The van der Waals surface area contributed by atoms with Gasteiger partial charge >= 0.3 is 0 Å². The van der Waals surface area contributed by atoms with E-state index in [4.69, 9.17) is 24.4 Å². The molecule has 4 heterocycles. The summed E-state index contributed by atoms with van der Waals surface area (Å²) in [5.41, 5.74) is 2.19. The molecule has 0 radical (unpaired) electrons. The number of carbonyl (C=O) groups is 6. The highest BCUT2D eigenvalue weighted by Gasteiger charge is 2.55. The van der Waals surface area contributed by atoms with Gasteiger partial charge < -0.3 is 52.3 Å². The van der Waals surface area contributed by atoms with Gasteiger partial charge in [-0.25, -0.2) is 0 Å². The summed E-state index contributed by atoms with van der Waals surface area (Å²) in [6.45, 7) is 8.14. The Bertz CT molecular complexity index is 2450. The van der Waals surface area contributed by atoms with Crippen LogP contribution in [0.25, 0.3) is 0 Å². The molecule has 386 valence electrons. The molecule has 20 heteroatoms. The molecule has 4 fully saturated rings. The van der Waals surface area contributed by atoms with Gasteiger partial charge in [0.1, 0.15) is 36.3 Å². The Hall–Kier alpha value is -5.12. The predicted molar refractivity (Wildman–Crippen MR) is 291 cm³/mol. The first-order valence-electron chi connectivity index (χ1n) is 24.7. The lowest BCUT2D eigenvalue weighted by Gasteiger charge is -2.35. The number of amides is 6. The summed E-state index contributed by atoms with van der Waals surface area (Å²) in [4.78, 5) is 89.5. The second-order valence-electron chi connectivity index (χ2n) is 19.5. The first-order valence-corrected chi connectivity index (χ1v) is 27.6. The average molecular weight is 1060 g/mol. The molecule has 4 aliphatic heterocycles. The lowest BCUT2D eigenvalue weighted by molar-refractivity contribution is -0.143. The van der Waals surface area contributed by atoms with E-state index < -0.39 is 65.3 Å². The zero-order chi connectivity index (χ0) is 51.7. The number of thioether (sulfide) groups is 2. The van der Waals surface area contributed by atoms with Crippen molar-refractivity contribution in [3.8, 4) is 0 Å². The monoisotopic (exact) mass is 1060 g/mol. The SMILES string of the molecule is CN[C@@H](C)C(=S)N[C@H]1CCS[C@H]2CC[C@@H](C(=O)N[C@@H](C(=O)NCc3ccc(CNC(=O)[C@@H](NC(=O)[C@H]4N5C(=O)[C@H](NC(=S)[C@H](C)NC)CCS[C@H]5CC4(C)C)c4ccccc4)cc3)c3ccccc3)N2C1=O. The fourth-order valence-electron chi connectivity index (χ4n) is 9.67. The smallest absolute Gasteiger partial charge is 0.247 e. The first kappa shape index (κ1) is 54.6. The van der Waals surface area contributed by atoms with Crippen molar-refractivity contribution < 1.29 is 28.8 Å². The molecule has 3 aromatic carbocycles. The van der Waals surface area contributed by atoms with E-state index in [2.05, 4.69) is 42.5 Å². The molecule has 0 saturated carbocycles. The maximum absolute atomic E-state index is 14.5. The zero-order valence-electron chi connectivity index (χ0n) is 41.7. The standard InChI is InChI=1S/C52H68N10O6S4/c1-30(53-5)48(69)57-36-23-25-71-39-22-21-38(61(39)50(36)67)44(63)59-41(34-13-9-7-10-14-34)45(64)55-28-32-17-19-33(20-18-32)29-56-46(65)42(35-15-11-8-12-16-35)60-47(66)43-52(3,4)27-40-62(43)51(68)37(24-26-72-40)58-49(70)31(2)54-6/h7-20,30-31,36-43,53-54H,21-29H2,1-6H3,(H,55,64)(H,56,65)(H,57,69)(H,58,70)(H,59,63)(H,60,66)/t30-,31-,36-,37+,38-,39-,40-,41+,42-,43+/m0/s1. The van der Waals surface area contributed by atoms with E-state index in [0.717, 1.165) is 22.6 Å². The normalized spacial score (nSPS) is 24.2. The minimum absolute atomic E-state index is 0.122.